The average Bonchev–Trinajstić information content (AvgIpc) is 2.90. The summed E-state index contributed by atoms with van der Waals surface area (Å²) in [7, 11) is 3.37. The zero-order chi connectivity index (χ0) is 14.5. The first-order chi connectivity index (χ1) is 9.72. The lowest BCUT2D eigenvalue weighted by atomic mass is 9.99. The Morgan fingerprint density at radius 1 is 1.20 bits per heavy atom. The molecule has 1 unspecified atom stereocenters. The maximum absolute atomic E-state index is 5.52. The number of benzene rings is 1. The minimum atomic E-state index is 0.0340. The summed E-state index contributed by atoms with van der Waals surface area (Å²) in [4.78, 5) is 0. The van der Waals surface area contributed by atoms with E-state index in [0.717, 1.165) is 28.1 Å². The molecule has 0 fully saturated rings. The number of halogens is 1. The lowest BCUT2D eigenvalue weighted by Gasteiger charge is -2.23. The molecule has 108 valence electrons. The standard InChI is InChI=1S/C15H18BrNO2S/c1-4-17-15(10-8-20-9-11(10)16)14-12(18-2)6-5-7-13(14)19-3/h5-9,15,17H,4H2,1-3H3. The molecule has 0 aliphatic rings. The second-order valence-corrected chi connectivity index (χ2v) is 5.84. The van der Waals surface area contributed by atoms with Crippen LogP contribution >= 0.6 is 27.3 Å². The van der Waals surface area contributed by atoms with Gasteiger partial charge in [-0.15, -0.1) is 0 Å². The molecule has 1 heterocycles. The second-order valence-electron chi connectivity index (χ2n) is 4.24. The molecule has 1 aromatic heterocycles. The highest BCUT2D eigenvalue weighted by Gasteiger charge is 2.24. The number of nitrogens with one attached hydrogen (secondary N) is 1. The first kappa shape index (κ1) is 15.4. The van der Waals surface area contributed by atoms with Crippen molar-refractivity contribution in [1.29, 1.82) is 0 Å². The SMILES string of the molecule is CCNC(c1cscc1Br)c1c(OC)cccc1OC. The van der Waals surface area contributed by atoms with Crippen LogP contribution in [0.2, 0.25) is 0 Å². The summed E-state index contributed by atoms with van der Waals surface area (Å²) >= 11 is 5.29. The Kier molecular flexibility index (Phi) is 5.46. The summed E-state index contributed by atoms with van der Waals surface area (Å²) in [6, 6.07) is 5.89. The first-order valence-electron chi connectivity index (χ1n) is 6.38. The highest BCUT2D eigenvalue weighted by atomic mass is 79.9. The summed E-state index contributed by atoms with van der Waals surface area (Å²) in [6.07, 6.45) is 0. The molecule has 1 aromatic carbocycles. The van der Waals surface area contributed by atoms with E-state index in [0.29, 0.717) is 0 Å². The molecule has 0 saturated carbocycles. The average molecular weight is 356 g/mol. The molecule has 2 aromatic rings. The molecule has 1 atom stereocenters. The van der Waals surface area contributed by atoms with Crippen LogP contribution < -0.4 is 14.8 Å². The molecule has 0 aliphatic heterocycles. The van der Waals surface area contributed by atoms with Crippen molar-refractivity contribution < 1.29 is 9.47 Å². The van der Waals surface area contributed by atoms with Crippen molar-refractivity contribution in [2.24, 2.45) is 0 Å². The van der Waals surface area contributed by atoms with E-state index < -0.39 is 0 Å². The zero-order valence-corrected chi connectivity index (χ0v) is 14.2. The maximum atomic E-state index is 5.52. The van der Waals surface area contributed by atoms with Crippen LogP contribution in [0.25, 0.3) is 0 Å². The second kappa shape index (κ2) is 7.11. The summed E-state index contributed by atoms with van der Waals surface area (Å²) in [6.45, 7) is 2.95. The number of hydrogen-bond donors (Lipinski definition) is 1. The predicted octanol–water partition coefficient (Wildman–Crippen LogP) is 4.23. The maximum Gasteiger partial charge on any atom is 0.127 e. The van der Waals surface area contributed by atoms with Gasteiger partial charge in [-0.05, 0) is 45.6 Å². The Balaban J connectivity index is 2.57. The van der Waals surface area contributed by atoms with Gasteiger partial charge in [-0.3, -0.25) is 0 Å². The molecule has 0 spiro atoms. The van der Waals surface area contributed by atoms with E-state index in [1.807, 2.05) is 18.2 Å². The molecule has 3 nitrogen and oxygen atoms in total. The van der Waals surface area contributed by atoms with Crippen molar-refractivity contribution in [3.8, 4) is 11.5 Å². The van der Waals surface area contributed by atoms with Gasteiger partial charge in [0.05, 0.1) is 25.8 Å². The van der Waals surface area contributed by atoms with Crippen LogP contribution in [-0.2, 0) is 0 Å². The van der Waals surface area contributed by atoms with Gasteiger partial charge in [-0.25, -0.2) is 0 Å². The molecule has 0 radical (unpaired) electrons. The van der Waals surface area contributed by atoms with Crippen molar-refractivity contribution in [3.05, 3.63) is 44.6 Å². The van der Waals surface area contributed by atoms with Gasteiger partial charge in [0, 0.05) is 9.85 Å². The van der Waals surface area contributed by atoms with Crippen LogP contribution in [0.4, 0.5) is 0 Å². The van der Waals surface area contributed by atoms with E-state index in [9.17, 15) is 0 Å². The normalized spacial score (nSPS) is 12.2. The summed E-state index contributed by atoms with van der Waals surface area (Å²) in [5, 5.41) is 7.74. The van der Waals surface area contributed by atoms with Gasteiger partial charge in [0.1, 0.15) is 11.5 Å². The summed E-state index contributed by atoms with van der Waals surface area (Å²) in [5.74, 6) is 1.65. The third-order valence-corrected chi connectivity index (χ3v) is 4.87. The van der Waals surface area contributed by atoms with E-state index in [4.69, 9.17) is 9.47 Å². The van der Waals surface area contributed by atoms with Gasteiger partial charge < -0.3 is 14.8 Å². The van der Waals surface area contributed by atoms with Crippen molar-refractivity contribution in [3.63, 3.8) is 0 Å². The van der Waals surface area contributed by atoms with Crippen LogP contribution in [0.15, 0.2) is 33.4 Å². The van der Waals surface area contributed by atoms with Crippen molar-refractivity contribution in [2.45, 2.75) is 13.0 Å². The monoisotopic (exact) mass is 355 g/mol. The quantitative estimate of drug-likeness (QED) is 0.840. The van der Waals surface area contributed by atoms with Crippen LogP contribution in [-0.4, -0.2) is 20.8 Å². The van der Waals surface area contributed by atoms with Crippen LogP contribution in [0.3, 0.4) is 0 Å². The number of methoxy groups -OCH3 is 2. The zero-order valence-electron chi connectivity index (χ0n) is 11.8. The number of ether oxygens (including phenoxy) is 2. The minimum Gasteiger partial charge on any atom is -0.496 e. The van der Waals surface area contributed by atoms with Crippen LogP contribution in [0.1, 0.15) is 24.1 Å². The highest BCUT2D eigenvalue weighted by molar-refractivity contribution is 9.10. The molecule has 20 heavy (non-hydrogen) atoms. The molecule has 0 aliphatic carbocycles. The molecule has 0 amide bonds. The molecular weight excluding hydrogens is 338 g/mol. The van der Waals surface area contributed by atoms with Crippen LogP contribution in [0.5, 0.6) is 11.5 Å². The number of thiophene rings is 1. The lowest BCUT2D eigenvalue weighted by Crippen LogP contribution is -2.23. The first-order valence-corrected chi connectivity index (χ1v) is 8.12. The third kappa shape index (κ3) is 3.00. The fourth-order valence-electron chi connectivity index (χ4n) is 2.23. The van der Waals surface area contributed by atoms with E-state index in [-0.39, 0.29) is 6.04 Å². The van der Waals surface area contributed by atoms with E-state index in [1.165, 1.54) is 5.56 Å². The Hall–Kier alpha value is -1.04. The topological polar surface area (TPSA) is 30.5 Å². The van der Waals surface area contributed by atoms with Crippen molar-refractivity contribution in [1.82, 2.24) is 5.32 Å². The van der Waals surface area contributed by atoms with Crippen molar-refractivity contribution >= 4 is 27.3 Å². The minimum absolute atomic E-state index is 0.0340. The highest BCUT2D eigenvalue weighted by Crippen LogP contribution is 2.40. The van der Waals surface area contributed by atoms with E-state index in [2.05, 4.69) is 38.9 Å². The molecular formula is C15H18BrNO2S. The van der Waals surface area contributed by atoms with E-state index >= 15 is 0 Å². The Morgan fingerprint density at radius 3 is 2.30 bits per heavy atom. The van der Waals surface area contributed by atoms with Gasteiger partial charge in [-0.1, -0.05) is 13.0 Å². The fraction of sp³-hybridized carbons (Fsp3) is 0.333. The summed E-state index contributed by atoms with van der Waals surface area (Å²) < 4.78 is 12.1. The van der Waals surface area contributed by atoms with Crippen molar-refractivity contribution in [2.75, 3.05) is 20.8 Å². The largest absolute Gasteiger partial charge is 0.496 e. The Labute approximate surface area is 132 Å². The summed E-state index contributed by atoms with van der Waals surface area (Å²) in [5.41, 5.74) is 2.22. The Morgan fingerprint density at radius 2 is 1.85 bits per heavy atom. The predicted molar refractivity (Wildman–Crippen MR) is 87.1 cm³/mol. The van der Waals surface area contributed by atoms with Gasteiger partial charge in [-0.2, -0.15) is 11.3 Å². The fourth-order valence-corrected chi connectivity index (χ4v) is 3.79. The molecule has 0 saturated heterocycles. The van der Waals surface area contributed by atoms with Gasteiger partial charge in [0.2, 0.25) is 0 Å². The number of rotatable bonds is 6. The van der Waals surface area contributed by atoms with Gasteiger partial charge >= 0.3 is 0 Å². The van der Waals surface area contributed by atoms with Gasteiger partial charge in [0.25, 0.3) is 0 Å². The lowest BCUT2D eigenvalue weighted by molar-refractivity contribution is 0.377. The molecule has 1 N–H and O–H groups in total. The third-order valence-electron chi connectivity index (χ3n) is 3.12. The molecule has 5 heteroatoms. The van der Waals surface area contributed by atoms with E-state index in [1.54, 1.807) is 25.6 Å². The molecule has 0 bridgehead atoms. The van der Waals surface area contributed by atoms with Crippen LogP contribution in [0, 0.1) is 0 Å². The number of hydrogen-bond acceptors (Lipinski definition) is 4. The molecule has 2 rings (SSSR count). The smallest absolute Gasteiger partial charge is 0.127 e. The Bertz CT molecular complexity index is 549. The van der Waals surface area contributed by atoms with Gasteiger partial charge in [0.15, 0.2) is 0 Å².